The van der Waals surface area contributed by atoms with Gasteiger partial charge in [0, 0.05) is 10.6 Å². The lowest BCUT2D eigenvalue weighted by Crippen LogP contribution is -2.36. The molecule has 0 bridgehead atoms. The van der Waals surface area contributed by atoms with Crippen molar-refractivity contribution in [3.63, 3.8) is 0 Å². The quantitative estimate of drug-likeness (QED) is 0.852. The van der Waals surface area contributed by atoms with Crippen LogP contribution in [-0.2, 0) is 5.54 Å². The molecule has 0 aliphatic heterocycles. The van der Waals surface area contributed by atoms with E-state index in [1.807, 2.05) is 24.3 Å². The van der Waals surface area contributed by atoms with Crippen LogP contribution in [0.25, 0.3) is 11.4 Å². The average molecular weight is 292 g/mol. The number of halogens is 1. The van der Waals surface area contributed by atoms with Gasteiger partial charge >= 0.3 is 0 Å². The van der Waals surface area contributed by atoms with Crippen molar-refractivity contribution in [2.75, 3.05) is 0 Å². The number of rotatable bonds is 2. The lowest BCUT2D eigenvalue weighted by molar-refractivity contribution is 0.257. The number of aromatic nitrogens is 2. The summed E-state index contributed by atoms with van der Waals surface area (Å²) in [6, 6.07) is 7.40. The van der Waals surface area contributed by atoms with Crippen LogP contribution in [0, 0.1) is 0 Å². The monoisotopic (exact) mass is 291 g/mol. The maximum atomic E-state index is 6.48. The van der Waals surface area contributed by atoms with E-state index in [4.69, 9.17) is 21.9 Å². The standard InChI is InChI=1S/C15H18ClN3O/c16-12-7-5-11(6-8-12)13-18-14(20-19-13)15(17)9-3-1-2-4-10-15/h5-8H,1-4,9-10,17H2. The summed E-state index contributed by atoms with van der Waals surface area (Å²) in [6.07, 6.45) is 6.53. The second kappa shape index (κ2) is 5.54. The van der Waals surface area contributed by atoms with Gasteiger partial charge in [0.15, 0.2) is 0 Å². The predicted molar refractivity (Wildman–Crippen MR) is 78.3 cm³/mol. The lowest BCUT2D eigenvalue weighted by atomic mass is 9.91. The van der Waals surface area contributed by atoms with Crippen LogP contribution < -0.4 is 5.73 Å². The summed E-state index contributed by atoms with van der Waals surface area (Å²) in [7, 11) is 0. The fraction of sp³-hybridized carbons (Fsp3) is 0.467. The Labute approximate surface area is 123 Å². The van der Waals surface area contributed by atoms with Gasteiger partial charge < -0.3 is 10.3 Å². The Morgan fingerprint density at radius 2 is 1.70 bits per heavy atom. The molecule has 20 heavy (non-hydrogen) atoms. The normalized spacial score (nSPS) is 18.7. The highest BCUT2D eigenvalue weighted by molar-refractivity contribution is 6.30. The minimum Gasteiger partial charge on any atom is -0.337 e. The number of nitrogens with zero attached hydrogens (tertiary/aromatic N) is 2. The van der Waals surface area contributed by atoms with Crippen LogP contribution in [-0.4, -0.2) is 10.1 Å². The van der Waals surface area contributed by atoms with Crippen molar-refractivity contribution in [3.05, 3.63) is 35.2 Å². The molecule has 0 spiro atoms. The molecule has 1 saturated carbocycles. The molecule has 1 aromatic heterocycles. The third-order valence-corrected chi connectivity index (χ3v) is 4.20. The Hall–Kier alpha value is -1.39. The molecule has 0 atom stereocenters. The van der Waals surface area contributed by atoms with Crippen molar-refractivity contribution < 1.29 is 4.52 Å². The molecule has 1 fully saturated rings. The predicted octanol–water partition coefficient (Wildman–Crippen LogP) is 3.90. The number of nitrogens with two attached hydrogens (primary N) is 1. The highest BCUT2D eigenvalue weighted by atomic mass is 35.5. The first-order chi connectivity index (χ1) is 9.67. The first-order valence-corrected chi connectivity index (χ1v) is 7.44. The fourth-order valence-corrected chi connectivity index (χ4v) is 2.84. The van der Waals surface area contributed by atoms with E-state index in [0.29, 0.717) is 16.7 Å². The van der Waals surface area contributed by atoms with E-state index in [-0.39, 0.29) is 0 Å². The molecular weight excluding hydrogens is 274 g/mol. The Morgan fingerprint density at radius 1 is 1.05 bits per heavy atom. The molecule has 2 aromatic rings. The summed E-state index contributed by atoms with van der Waals surface area (Å²) in [5.74, 6) is 1.13. The van der Waals surface area contributed by atoms with Crippen molar-refractivity contribution in [2.24, 2.45) is 5.73 Å². The number of hydrogen-bond acceptors (Lipinski definition) is 4. The molecule has 5 heteroatoms. The van der Waals surface area contributed by atoms with Crippen LogP contribution in [0.3, 0.4) is 0 Å². The summed E-state index contributed by atoms with van der Waals surface area (Å²) in [6.45, 7) is 0. The average Bonchev–Trinajstić information content (AvgIpc) is 2.84. The molecule has 1 aromatic carbocycles. The number of hydrogen-bond donors (Lipinski definition) is 1. The summed E-state index contributed by atoms with van der Waals surface area (Å²) >= 11 is 5.88. The summed E-state index contributed by atoms with van der Waals surface area (Å²) in [4.78, 5) is 4.50. The van der Waals surface area contributed by atoms with Gasteiger partial charge in [-0.25, -0.2) is 0 Å². The van der Waals surface area contributed by atoms with Gasteiger partial charge in [-0.2, -0.15) is 4.98 Å². The van der Waals surface area contributed by atoms with Crippen molar-refractivity contribution in [2.45, 2.75) is 44.1 Å². The van der Waals surface area contributed by atoms with E-state index in [2.05, 4.69) is 10.1 Å². The van der Waals surface area contributed by atoms with Crippen LogP contribution in [0.5, 0.6) is 0 Å². The van der Waals surface area contributed by atoms with E-state index in [9.17, 15) is 0 Å². The van der Waals surface area contributed by atoms with Crippen LogP contribution in [0.2, 0.25) is 5.02 Å². The largest absolute Gasteiger partial charge is 0.337 e. The highest BCUT2D eigenvalue weighted by Gasteiger charge is 2.34. The van der Waals surface area contributed by atoms with Crippen LogP contribution >= 0.6 is 11.6 Å². The lowest BCUT2D eigenvalue weighted by Gasteiger charge is -2.22. The van der Waals surface area contributed by atoms with E-state index >= 15 is 0 Å². The Kier molecular flexibility index (Phi) is 3.76. The van der Waals surface area contributed by atoms with Gasteiger partial charge in [-0.05, 0) is 37.1 Å². The minimum atomic E-state index is -0.464. The molecule has 1 heterocycles. The third kappa shape index (κ3) is 2.72. The maximum Gasteiger partial charge on any atom is 0.247 e. The van der Waals surface area contributed by atoms with Gasteiger partial charge in [-0.15, -0.1) is 0 Å². The molecule has 0 unspecified atom stereocenters. The zero-order valence-corrected chi connectivity index (χ0v) is 12.1. The molecule has 3 rings (SSSR count). The fourth-order valence-electron chi connectivity index (χ4n) is 2.72. The SMILES string of the molecule is NC1(c2nc(-c3ccc(Cl)cc3)no2)CCCCCC1. The van der Waals surface area contributed by atoms with E-state index in [0.717, 1.165) is 31.2 Å². The van der Waals surface area contributed by atoms with Gasteiger partial charge in [0.05, 0.1) is 5.54 Å². The van der Waals surface area contributed by atoms with Crippen molar-refractivity contribution in [3.8, 4) is 11.4 Å². The first kappa shape index (κ1) is 13.6. The minimum absolute atomic E-state index is 0.464. The zero-order valence-electron chi connectivity index (χ0n) is 11.3. The van der Waals surface area contributed by atoms with Crippen LogP contribution in [0.1, 0.15) is 44.4 Å². The van der Waals surface area contributed by atoms with Crippen molar-refractivity contribution in [1.29, 1.82) is 0 Å². The Morgan fingerprint density at radius 3 is 2.35 bits per heavy atom. The van der Waals surface area contributed by atoms with Gasteiger partial charge in [0.25, 0.3) is 0 Å². The van der Waals surface area contributed by atoms with Gasteiger partial charge in [0.1, 0.15) is 0 Å². The Balaban J connectivity index is 1.87. The maximum absolute atomic E-state index is 6.48. The smallest absolute Gasteiger partial charge is 0.247 e. The topological polar surface area (TPSA) is 64.9 Å². The molecule has 0 saturated heterocycles. The molecule has 4 nitrogen and oxygen atoms in total. The van der Waals surface area contributed by atoms with Crippen molar-refractivity contribution in [1.82, 2.24) is 10.1 Å². The van der Waals surface area contributed by atoms with E-state index in [1.54, 1.807) is 0 Å². The Bertz CT molecular complexity index is 571. The molecule has 1 aliphatic carbocycles. The molecular formula is C15H18ClN3O. The molecule has 106 valence electrons. The highest BCUT2D eigenvalue weighted by Crippen LogP contribution is 2.33. The van der Waals surface area contributed by atoms with Gasteiger partial charge in [-0.1, -0.05) is 42.4 Å². The van der Waals surface area contributed by atoms with Gasteiger partial charge in [-0.3, -0.25) is 0 Å². The molecule has 1 aliphatic rings. The summed E-state index contributed by atoms with van der Waals surface area (Å²) in [5.41, 5.74) is 6.90. The second-order valence-corrected chi connectivity index (χ2v) is 5.94. The number of benzene rings is 1. The van der Waals surface area contributed by atoms with Crippen LogP contribution in [0.4, 0.5) is 0 Å². The second-order valence-electron chi connectivity index (χ2n) is 5.50. The van der Waals surface area contributed by atoms with E-state index < -0.39 is 5.54 Å². The zero-order chi connectivity index (χ0) is 14.0. The first-order valence-electron chi connectivity index (χ1n) is 7.06. The van der Waals surface area contributed by atoms with Gasteiger partial charge in [0.2, 0.25) is 11.7 Å². The summed E-state index contributed by atoms with van der Waals surface area (Å²) < 4.78 is 5.43. The van der Waals surface area contributed by atoms with Crippen molar-refractivity contribution >= 4 is 11.6 Å². The molecule has 0 amide bonds. The van der Waals surface area contributed by atoms with Crippen LogP contribution in [0.15, 0.2) is 28.8 Å². The van der Waals surface area contributed by atoms with E-state index in [1.165, 1.54) is 12.8 Å². The molecule has 0 radical (unpaired) electrons. The summed E-state index contributed by atoms with van der Waals surface area (Å²) in [5, 5.41) is 4.75. The molecule has 2 N–H and O–H groups in total. The third-order valence-electron chi connectivity index (χ3n) is 3.95.